The van der Waals surface area contributed by atoms with Crippen LogP contribution in [0.3, 0.4) is 0 Å². The zero-order chi connectivity index (χ0) is 17.8. The molecule has 1 N–H and O–H groups in total. The number of nitrogens with one attached hydrogen (secondary N) is 1. The van der Waals surface area contributed by atoms with Gasteiger partial charge in [-0.1, -0.05) is 0 Å². The van der Waals surface area contributed by atoms with Crippen LogP contribution in [0.15, 0.2) is 23.1 Å². The molecule has 0 atom stereocenters. The van der Waals surface area contributed by atoms with E-state index in [0.717, 1.165) is 49.7 Å². The van der Waals surface area contributed by atoms with Gasteiger partial charge in [0.2, 0.25) is 10.0 Å². The maximum atomic E-state index is 13.9. The molecule has 1 aromatic rings. The van der Waals surface area contributed by atoms with Crippen molar-refractivity contribution in [2.75, 3.05) is 13.7 Å². The summed E-state index contributed by atoms with van der Waals surface area (Å²) in [6, 6.07) is 2.50. The predicted octanol–water partition coefficient (Wildman–Crippen LogP) is 3.08. The second kappa shape index (κ2) is 5.99. The second-order valence-corrected chi connectivity index (χ2v) is 9.60. The average Bonchev–Trinajstić information content (AvgIpc) is 2.54. The minimum absolute atomic E-state index is 0.136. The minimum Gasteiger partial charge on any atom is -0.376 e. The lowest BCUT2D eigenvalue weighted by atomic mass is 9.50. The topological polar surface area (TPSA) is 55.4 Å². The van der Waals surface area contributed by atoms with Crippen LogP contribution in [0.4, 0.5) is 8.78 Å². The predicted molar refractivity (Wildman–Crippen MR) is 88.3 cm³/mol. The van der Waals surface area contributed by atoms with Crippen molar-refractivity contribution in [3.8, 4) is 0 Å². The molecule has 4 aliphatic carbocycles. The molecule has 4 fully saturated rings. The van der Waals surface area contributed by atoms with Crippen LogP contribution in [0.25, 0.3) is 0 Å². The first-order valence-electron chi connectivity index (χ1n) is 8.84. The van der Waals surface area contributed by atoms with Crippen LogP contribution in [-0.4, -0.2) is 27.7 Å². The monoisotopic (exact) mass is 371 g/mol. The maximum absolute atomic E-state index is 13.9. The quantitative estimate of drug-likeness (QED) is 0.865. The largest absolute Gasteiger partial charge is 0.376 e. The van der Waals surface area contributed by atoms with Crippen molar-refractivity contribution in [2.45, 2.75) is 42.6 Å². The number of halogens is 2. The van der Waals surface area contributed by atoms with E-state index in [0.29, 0.717) is 17.9 Å². The fourth-order valence-electron chi connectivity index (χ4n) is 5.65. The van der Waals surface area contributed by atoms with Crippen molar-refractivity contribution < 1.29 is 21.9 Å². The molecule has 7 heteroatoms. The van der Waals surface area contributed by atoms with Crippen LogP contribution < -0.4 is 4.72 Å². The van der Waals surface area contributed by atoms with Gasteiger partial charge in [0.1, 0.15) is 16.5 Å². The van der Waals surface area contributed by atoms with Gasteiger partial charge in [-0.25, -0.2) is 21.9 Å². The smallest absolute Gasteiger partial charge is 0.243 e. The van der Waals surface area contributed by atoms with Crippen molar-refractivity contribution in [3.63, 3.8) is 0 Å². The van der Waals surface area contributed by atoms with Gasteiger partial charge in [0.25, 0.3) is 0 Å². The summed E-state index contributed by atoms with van der Waals surface area (Å²) >= 11 is 0. The van der Waals surface area contributed by atoms with Crippen molar-refractivity contribution in [1.29, 1.82) is 0 Å². The molecule has 4 saturated carbocycles. The summed E-state index contributed by atoms with van der Waals surface area (Å²) in [4.78, 5) is -0.524. The molecule has 4 bridgehead atoms. The summed E-state index contributed by atoms with van der Waals surface area (Å²) in [6.45, 7) is 0.136. The van der Waals surface area contributed by atoms with Gasteiger partial charge in [-0.05, 0) is 67.9 Å². The molecule has 25 heavy (non-hydrogen) atoms. The molecule has 0 radical (unpaired) electrons. The van der Waals surface area contributed by atoms with Gasteiger partial charge in [-0.15, -0.1) is 0 Å². The summed E-state index contributed by atoms with van der Waals surface area (Å²) in [5.41, 5.74) is -0.517. The van der Waals surface area contributed by atoms with Gasteiger partial charge in [0, 0.05) is 19.7 Å². The molecule has 0 aliphatic heterocycles. The molecule has 0 heterocycles. The number of benzene rings is 1. The Kier molecular flexibility index (Phi) is 4.16. The number of sulfonamides is 1. The molecule has 5 rings (SSSR count). The van der Waals surface area contributed by atoms with Crippen molar-refractivity contribution >= 4 is 10.0 Å². The van der Waals surface area contributed by atoms with Gasteiger partial charge in [-0.2, -0.15) is 0 Å². The first-order chi connectivity index (χ1) is 11.8. The standard InChI is InChI=1S/C18H23F2NO3S/c1-24-18(13-5-11-4-12(7-13)8-14(18)6-11)10-21-25(22,23)17-3-2-15(19)9-16(17)20/h2-3,9,11-14,21H,4-8,10H2,1H3. The van der Waals surface area contributed by atoms with E-state index >= 15 is 0 Å². The SMILES string of the molecule is COC1(CNS(=O)(=O)c2ccc(F)cc2F)C2CC3CC(C2)CC1C3. The van der Waals surface area contributed by atoms with E-state index in [1.54, 1.807) is 7.11 Å². The lowest BCUT2D eigenvalue weighted by Crippen LogP contribution is -2.63. The third-order valence-electron chi connectivity index (χ3n) is 6.62. The first-order valence-corrected chi connectivity index (χ1v) is 10.3. The van der Waals surface area contributed by atoms with Gasteiger partial charge in [0.05, 0.1) is 5.60 Å². The molecule has 0 saturated heterocycles. The van der Waals surface area contributed by atoms with Crippen molar-refractivity contribution in [3.05, 3.63) is 29.8 Å². The number of methoxy groups -OCH3 is 1. The normalized spacial score (nSPS) is 36.8. The molecule has 1 aromatic carbocycles. The number of hydrogen-bond donors (Lipinski definition) is 1. The molecule has 0 unspecified atom stereocenters. The van der Waals surface area contributed by atoms with Crippen LogP contribution >= 0.6 is 0 Å². The molecule has 4 nitrogen and oxygen atoms in total. The molecular weight excluding hydrogens is 348 g/mol. The van der Waals surface area contributed by atoms with Crippen molar-refractivity contribution in [1.82, 2.24) is 4.72 Å². The van der Waals surface area contributed by atoms with Crippen LogP contribution in [0.5, 0.6) is 0 Å². The minimum atomic E-state index is -4.06. The third-order valence-corrected chi connectivity index (χ3v) is 8.06. The van der Waals surface area contributed by atoms with E-state index < -0.39 is 32.2 Å². The highest BCUT2D eigenvalue weighted by molar-refractivity contribution is 7.89. The Morgan fingerprint density at radius 2 is 1.72 bits per heavy atom. The van der Waals surface area contributed by atoms with Gasteiger partial charge in [-0.3, -0.25) is 0 Å². The lowest BCUT2D eigenvalue weighted by Gasteiger charge is -2.60. The van der Waals surface area contributed by atoms with E-state index in [-0.39, 0.29) is 6.54 Å². The van der Waals surface area contributed by atoms with Crippen LogP contribution in [0, 0.1) is 35.3 Å². The van der Waals surface area contributed by atoms with Gasteiger partial charge >= 0.3 is 0 Å². The number of rotatable bonds is 5. The molecular formula is C18H23F2NO3S. The van der Waals surface area contributed by atoms with Crippen LogP contribution in [0.1, 0.15) is 32.1 Å². The molecule has 0 amide bonds. The summed E-state index contributed by atoms with van der Waals surface area (Å²) in [5.74, 6) is 0.271. The molecule has 0 aromatic heterocycles. The fraction of sp³-hybridized carbons (Fsp3) is 0.667. The highest BCUT2D eigenvalue weighted by Gasteiger charge is 2.57. The Labute approximate surface area is 147 Å². The molecule has 4 aliphatic rings. The van der Waals surface area contributed by atoms with Gasteiger partial charge < -0.3 is 4.74 Å². The van der Waals surface area contributed by atoms with E-state index in [1.165, 1.54) is 6.42 Å². The van der Waals surface area contributed by atoms with Gasteiger partial charge in [0.15, 0.2) is 0 Å². The summed E-state index contributed by atoms with van der Waals surface area (Å²) in [5, 5.41) is 0. The number of ether oxygens (including phenoxy) is 1. The van der Waals surface area contributed by atoms with E-state index in [4.69, 9.17) is 4.74 Å². The highest BCUT2D eigenvalue weighted by atomic mass is 32.2. The highest BCUT2D eigenvalue weighted by Crippen LogP contribution is 2.59. The summed E-state index contributed by atoms with van der Waals surface area (Å²) in [6.07, 6.45) is 5.60. The van der Waals surface area contributed by atoms with E-state index in [2.05, 4.69) is 4.72 Å². The van der Waals surface area contributed by atoms with Crippen LogP contribution in [0.2, 0.25) is 0 Å². The Morgan fingerprint density at radius 1 is 1.12 bits per heavy atom. The third kappa shape index (κ3) is 2.80. The fourth-order valence-corrected chi connectivity index (χ4v) is 6.79. The second-order valence-electron chi connectivity index (χ2n) is 7.86. The van der Waals surface area contributed by atoms with Crippen molar-refractivity contribution in [2.24, 2.45) is 23.7 Å². The summed E-state index contributed by atoms with van der Waals surface area (Å²) < 4.78 is 60.4. The average molecular weight is 371 g/mol. The number of hydrogen-bond acceptors (Lipinski definition) is 3. The zero-order valence-electron chi connectivity index (χ0n) is 14.2. The van der Waals surface area contributed by atoms with E-state index in [1.807, 2.05) is 0 Å². The Hall–Kier alpha value is -1.05. The Balaban J connectivity index is 1.57. The Bertz CT molecular complexity index is 753. The van der Waals surface area contributed by atoms with E-state index in [9.17, 15) is 17.2 Å². The summed E-state index contributed by atoms with van der Waals surface area (Å²) in [7, 11) is -2.41. The lowest BCUT2D eigenvalue weighted by molar-refractivity contribution is -0.185. The Morgan fingerprint density at radius 3 is 2.24 bits per heavy atom. The maximum Gasteiger partial charge on any atom is 0.243 e. The first kappa shape index (κ1) is 17.4. The molecule has 138 valence electrons. The molecule has 0 spiro atoms. The zero-order valence-corrected chi connectivity index (χ0v) is 15.0. The van der Waals surface area contributed by atoms with Crippen LogP contribution in [-0.2, 0) is 14.8 Å².